The molecule has 96 valence electrons. The number of hydrogen-bond acceptors (Lipinski definition) is 3. The Morgan fingerprint density at radius 1 is 1.50 bits per heavy atom. The van der Waals surface area contributed by atoms with Gasteiger partial charge < -0.3 is 10.5 Å². The lowest BCUT2D eigenvalue weighted by atomic mass is 10.1. The van der Waals surface area contributed by atoms with Crippen LogP contribution in [0.2, 0.25) is 0 Å². The maximum absolute atomic E-state index is 11.7. The number of ether oxygens (including phenoxy) is 1. The largest absolute Gasteiger partial charge is 0.497 e. The van der Waals surface area contributed by atoms with Crippen LogP contribution in [0.5, 0.6) is 5.75 Å². The van der Waals surface area contributed by atoms with E-state index in [1.165, 1.54) is 0 Å². The molecule has 5 heteroatoms. The molecular formula is C13H15BrN2O2. The second-order valence-corrected chi connectivity index (χ2v) is 4.80. The molecule has 1 aromatic heterocycles. The monoisotopic (exact) mass is 310 g/mol. The van der Waals surface area contributed by atoms with Crippen LogP contribution in [0.15, 0.2) is 22.8 Å². The molecule has 0 saturated heterocycles. The first kappa shape index (κ1) is 13.1. The van der Waals surface area contributed by atoms with Crippen molar-refractivity contribution in [3.63, 3.8) is 0 Å². The molecule has 0 radical (unpaired) electrons. The van der Waals surface area contributed by atoms with Crippen molar-refractivity contribution in [1.82, 2.24) is 4.57 Å². The van der Waals surface area contributed by atoms with E-state index in [2.05, 4.69) is 15.9 Å². The molecule has 0 spiro atoms. The highest BCUT2D eigenvalue weighted by atomic mass is 79.9. The highest BCUT2D eigenvalue weighted by Gasteiger charge is 2.17. The summed E-state index contributed by atoms with van der Waals surface area (Å²) in [6.07, 6.45) is 0.713. The van der Waals surface area contributed by atoms with Gasteiger partial charge in [-0.2, -0.15) is 0 Å². The fraction of sp³-hybridized carbons (Fsp3) is 0.308. The lowest BCUT2D eigenvalue weighted by Gasteiger charge is -2.02. The highest BCUT2D eigenvalue weighted by molar-refractivity contribution is 9.10. The smallest absolute Gasteiger partial charge is 0.228 e. The van der Waals surface area contributed by atoms with E-state index in [0.717, 1.165) is 26.8 Å². The zero-order valence-corrected chi connectivity index (χ0v) is 12.0. The number of carbonyl (C=O) groups is 1. The molecule has 0 amide bonds. The zero-order valence-electron chi connectivity index (χ0n) is 10.4. The number of benzene rings is 1. The molecule has 0 saturated carbocycles. The number of aromatic nitrogens is 1. The molecule has 4 nitrogen and oxygen atoms in total. The van der Waals surface area contributed by atoms with Crippen molar-refractivity contribution in [3.8, 4) is 5.75 Å². The maximum atomic E-state index is 11.7. The number of nitrogens with two attached hydrogens (primary N) is 1. The van der Waals surface area contributed by atoms with Crippen LogP contribution in [0.1, 0.15) is 17.3 Å². The van der Waals surface area contributed by atoms with Gasteiger partial charge in [0.05, 0.1) is 17.2 Å². The third-order valence-corrected chi connectivity index (χ3v) is 3.76. The van der Waals surface area contributed by atoms with E-state index in [1.807, 2.05) is 18.2 Å². The van der Waals surface area contributed by atoms with E-state index in [1.54, 1.807) is 18.6 Å². The molecule has 0 aliphatic rings. The Kier molecular flexibility index (Phi) is 3.73. The van der Waals surface area contributed by atoms with E-state index < -0.39 is 0 Å². The number of rotatable bonds is 3. The minimum absolute atomic E-state index is 0.0275. The molecule has 0 bridgehead atoms. The Morgan fingerprint density at radius 3 is 2.78 bits per heavy atom. The van der Waals surface area contributed by atoms with Crippen molar-refractivity contribution in [1.29, 1.82) is 0 Å². The van der Waals surface area contributed by atoms with Gasteiger partial charge >= 0.3 is 0 Å². The summed E-state index contributed by atoms with van der Waals surface area (Å²) in [6.45, 7) is 2.08. The van der Waals surface area contributed by atoms with Crippen LogP contribution in [-0.2, 0) is 6.42 Å². The van der Waals surface area contributed by atoms with Gasteiger partial charge in [-0.1, -0.05) is 0 Å². The number of methoxy groups -OCH3 is 1. The van der Waals surface area contributed by atoms with Crippen molar-refractivity contribution in [3.05, 3.63) is 28.4 Å². The summed E-state index contributed by atoms with van der Waals surface area (Å²) >= 11 is 3.49. The summed E-state index contributed by atoms with van der Waals surface area (Å²) in [5, 5.41) is 1.00. The van der Waals surface area contributed by atoms with Crippen LogP contribution >= 0.6 is 15.9 Å². The zero-order chi connectivity index (χ0) is 13.3. The second kappa shape index (κ2) is 5.12. The first-order valence-corrected chi connectivity index (χ1v) is 6.47. The average Bonchev–Trinajstić information content (AvgIpc) is 2.62. The van der Waals surface area contributed by atoms with Gasteiger partial charge in [-0.05, 0) is 52.7 Å². The molecule has 0 fully saturated rings. The van der Waals surface area contributed by atoms with Crippen LogP contribution in [0, 0.1) is 0 Å². The van der Waals surface area contributed by atoms with Crippen LogP contribution in [0.4, 0.5) is 0 Å². The van der Waals surface area contributed by atoms with Crippen LogP contribution in [0.25, 0.3) is 10.9 Å². The third-order valence-electron chi connectivity index (χ3n) is 2.92. The summed E-state index contributed by atoms with van der Waals surface area (Å²) < 4.78 is 7.66. The Morgan fingerprint density at radius 2 is 2.22 bits per heavy atom. The van der Waals surface area contributed by atoms with Gasteiger partial charge in [-0.25, -0.2) is 0 Å². The van der Waals surface area contributed by atoms with Gasteiger partial charge in [0, 0.05) is 12.3 Å². The Labute approximate surface area is 114 Å². The van der Waals surface area contributed by atoms with Crippen LogP contribution in [0.3, 0.4) is 0 Å². The highest BCUT2D eigenvalue weighted by Crippen LogP contribution is 2.33. The molecule has 18 heavy (non-hydrogen) atoms. The number of halogens is 1. The van der Waals surface area contributed by atoms with Gasteiger partial charge in [0.2, 0.25) is 5.91 Å². The summed E-state index contributed by atoms with van der Waals surface area (Å²) in [4.78, 5) is 11.7. The molecular weight excluding hydrogens is 296 g/mol. The summed E-state index contributed by atoms with van der Waals surface area (Å²) in [5.41, 5.74) is 7.55. The number of fused-ring (bicyclic) bond motifs is 1. The van der Waals surface area contributed by atoms with Gasteiger partial charge in [-0.15, -0.1) is 0 Å². The molecule has 1 heterocycles. The lowest BCUT2D eigenvalue weighted by molar-refractivity contribution is 0.0939. The molecule has 1 aromatic carbocycles. The minimum atomic E-state index is -0.0275. The van der Waals surface area contributed by atoms with Crippen molar-refractivity contribution in [2.75, 3.05) is 13.7 Å². The van der Waals surface area contributed by atoms with Crippen molar-refractivity contribution in [2.24, 2.45) is 5.73 Å². The number of nitrogens with zero attached hydrogens (tertiary/aromatic N) is 1. The quantitative estimate of drug-likeness (QED) is 0.948. The molecule has 0 unspecified atom stereocenters. The topological polar surface area (TPSA) is 57.2 Å². The van der Waals surface area contributed by atoms with E-state index in [4.69, 9.17) is 10.5 Å². The molecule has 0 aliphatic carbocycles. The second-order valence-electron chi connectivity index (χ2n) is 4.05. The summed E-state index contributed by atoms with van der Waals surface area (Å²) in [7, 11) is 1.63. The molecule has 2 aromatic rings. The van der Waals surface area contributed by atoms with E-state index in [9.17, 15) is 4.79 Å². The molecule has 2 rings (SSSR count). The third kappa shape index (κ3) is 2.04. The average molecular weight is 311 g/mol. The van der Waals surface area contributed by atoms with E-state index in [0.29, 0.717) is 13.0 Å². The predicted octanol–water partition coefficient (Wildman–Crippen LogP) is 2.57. The van der Waals surface area contributed by atoms with Crippen molar-refractivity contribution in [2.45, 2.75) is 13.3 Å². The van der Waals surface area contributed by atoms with Gasteiger partial charge in [0.15, 0.2) is 0 Å². The maximum Gasteiger partial charge on any atom is 0.228 e. The Bertz CT molecular complexity index is 605. The Balaban J connectivity index is 2.78. The lowest BCUT2D eigenvalue weighted by Crippen LogP contribution is -2.07. The van der Waals surface area contributed by atoms with Gasteiger partial charge in [-0.3, -0.25) is 9.36 Å². The van der Waals surface area contributed by atoms with Gasteiger partial charge in [0.1, 0.15) is 5.75 Å². The molecule has 2 N–H and O–H groups in total. The predicted molar refractivity (Wildman–Crippen MR) is 75.2 cm³/mol. The Hall–Kier alpha value is -1.33. The standard InChI is InChI=1S/C13H15BrN2O2/c1-8(17)16-12-4-3-9(18-2)7-11(12)10(5-6-15)13(16)14/h3-4,7H,5-6,15H2,1-2H3. The van der Waals surface area contributed by atoms with E-state index in [-0.39, 0.29) is 5.91 Å². The fourth-order valence-corrected chi connectivity index (χ4v) is 2.97. The summed E-state index contributed by atoms with van der Waals surface area (Å²) in [5.74, 6) is 0.745. The molecule has 0 atom stereocenters. The van der Waals surface area contributed by atoms with E-state index >= 15 is 0 Å². The first-order valence-electron chi connectivity index (χ1n) is 5.68. The van der Waals surface area contributed by atoms with Crippen LogP contribution < -0.4 is 10.5 Å². The van der Waals surface area contributed by atoms with Crippen molar-refractivity contribution >= 4 is 32.7 Å². The number of carbonyl (C=O) groups excluding carboxylic acids is 1. The SMILES string of the molecule is COc1ccc2c(c1)c(CCN)c(Br)n2C(C)=O. The first-order chi connectivity index (χ1) is 8.60. The minimum Gasteiger partial charge on any atom is -0.497 e. The number of hydrogen-bond donors (Lipinski definition) is 1. The summed E-state index contributed by atoms with van der Waals surface area (Å²) in [6, 6.07) is 5.67. The van der Waals surface area contributed by atoms with Crippen LogP contribution in [-0.4, -0.2) is 24.1 Å². The fourth-order valence-electron chi connectivity index (χ4n) is 2.12. The van der Waals surface area contributed by atoms with Gasteiger partial charge in [0.25, 0.3) is 0 Å². The normalized spacial score (nSPS) is 10.9. The van der Waals surface area contributed by atoms with Crippen molar-refractivity contribution < 1.29 is 9.53 Å². The molecule has 0 aliphatic heterocycles.